The van der Waals surface area contributed by atoms with Crippen LogP contribution < -0.4 is 15.0 Å². The summed E-state index contributed by atoms with van der Waals surface area (Å²) in [4.78, 5) is 32.8. The molecule has 2 atom stereocenters. The Balaban J connectivity index is 1.31. The van der Waals surface area contributed by atoms with E-state index in [0.29, 0.717) is 18.2 Å². The maximum Gasteiger partial charge on any atom is 0.433 e. The van der Waals surface area contributed by atoms with Crippen molar-refractivity contribution in [2.75, 3.05) is 37.0 Å². The highest BCUT2D eigenvalue weighted by atomic mass is 19.4. The molecule has 4 heterocycles. The molecule has 10 nitrogen and oxygen atoms in total. The lowest BCUT2D eigenvalue weighted by atomic mass is 9.95. The number of amides is 1. The monoisotopic (exact) mass is 789 g/mol. The van der Waals surface area contributed by atoms with Gasteiger partial charge in [0.25, 0.3) is 0 Å². The van der Waals surface area contributed by atoms with E-state index in [2.05, 4.69) is 37.8 Å². The Morgan fingerprint density at radius 1 is 1.16 bits per heavy atom. The number of fused-ring (bicyclic) bond motifs is 2. The van der Waals surface area contributed by atoms with Gasteiger partial charge < -0.3 is 25.0 Å². The number of aromatic nitrogens is 4. The number of aromatic hydroxyl groups is 1. The Bertz CT molecular complexity index is 2430. The van der Waals surface area contributed by atoms with Gasteiger partial charge >= 0.3 is 12.2 Å². The number of rotatable bonds is 10. The highest BCUT2D eigenvalue weighted by molar-refractivity contribution is 6.03. The first kappa shape index (κ1) is 39.1. The number of ether oxygens (including phenoxy) is 1. The summed E-state index contributed by atoms with van der Waals surface area (Å²) < 4.78 is 92.8. The summed E-state index contributed by atoms with van der Waals surface area (Å²) in [5.41, 5.74) is -3.40. The van der Waals surface area contributed by atoms with E-state index in [1.54, 1.807) is 23.8 Å². The molecule has 3 aromatic heterocycles. The second kappa shape index (κ2) is 14.8. The van der Waals surface area contributed by atoms with Gasteiger partial charge in [-0.05, 0) is 61.6 Å². The number of hydrogen-bond donors (Lipinski definition) is 2. The Labute approximate surface area is 323 Å². The molecule has 2 N–H and O–H groups in total. The van der Waals surface area contributed by atoms with E-state index in [0.717, 1.165) is 31.2 Å². The lowest BCUT2D eigenvalue weighted by Gasteiger charge is -2.38. The molecule has 2 aromatic carbocycles. The zero-order valence-electron chi connectivity index (χ0n) is 30.9. The maximum absolute atomic E-state index is 17.0. The zero-order valence-corrected chi connectivity index (χ0v) is 30.9. The van der Waals surface area contributed by atoms with Gasteiger partial charge in [0.2, 0.25) is 5.91 Å². The molecule has 16 heteroatoms. The lowest BCUT2D eigenvalue weighted by molar-refractivity contribution is -0.141. The number of benzene rings is 2. The summed E-state index contributed by atoms with van der Waals surface area (Å²) in [6, 6.07) is 6.80. The Morgan fingerprint density at radius 2 is 1.91 bits per heavy atom. The van der Waals surface area contributed by atoms with Crippen LogP contribution in [0.25, 0.3) is 32.9 Å². The van der Waals surface area contributed by atoms with Gasteiger partial charge in [-0.2, -0.15) is 23.1 Å². The molecule has 5 aromatic rings. The molecule has 1 aliphatic heterocycles. The van der Waals surface area contributed by atoms with E-state index in [1.165, 1.54) is 36.5 Å². The number of nitrogens with one attached hydrogen (secondary N) is 1. The molecule has 1 saturated heterocycles. The minimum Gasteiger partial charge on any atom is -0.508 e. The van der Waals surface area contributed by atoms with Crippen LogP contribution in [0.15, 0.2) is 61.4 Å². The van der Waals surface area contributed by atoms with Crippen LogP contribution in [-0.4, -0.2) is 79.8 Å². The molecule has 2 fully saturated rings. The summed E-state index contributed by atoms with van der Waals surface area (Å²) in [7, 11) is 1.68. The average Bonchev–Trinajstić information content (AvgIpc) is 3.79. The second-order valence-corrected chi connectivity index (χ2v) is 14.7. The fourth-order valence-electron chi connectivity index (χ4n) is 8.02. The van der Waals surface area contributed by atoms with Crippen LogP contribution in [0.1, 0.15) is 50.3 Å². The van der Waals surface area contributed by atoms with Gasteiger partial charge in [0.15, 0.2) is 5.82 Å². The van der Waals surface area contributed by atoms with Crippen molar-refractivity contribution >= 4 is 39.1 Å². The van der Waals surface area contributed by atoms with Gasteiger partial charge in [-0.1, -0.05) is 31.4 Å². The number of terminal acetylenes is 1. The molecule has 0 spiro atoms. The molecule has 57 heavy (non-hydrogen) atoms. The third-order valence-corrected chi connectivity index (χ3v) is 11.0. The largest absolute Gasteiger partial charge is 0.508 e. The number of alkyl halides is 4. The highest BCUT2D eigenvalue weighted by Crippen LogP contribution is 2.41. The normalized spacial score (nSPS) is 19.1. The van der Waals surface area contributed by atoms with Crippen molar-refractivity contribution in [1.82, 2.24) is 24.8 Å². The topological polar surface area (TPSA) is 117 Å². The molecule has 296 valence electrons. The van der Waals surface area contributed by atoms with Crippen molar-refractivity contribution in [3.8, 4) is 35.4 Å². The van der Waals surface area contributed by atoms with E-state index in [9.17, 15) is 27.5 Å². The van der Waals surface area contributed by atoms with Gasteiger partial charge in [0.1, 0.15) is 47.1 Å². The lowest BCUT2D eigenvalue weighted by Crippen LogP contribution is -2.51. The fourth-order valence-corrected chi connectivity index (χ4v) is 8.02. The molecule has 7 rings (SSSR count). The molecule has 0 unspecified atom stereocenters. The molecular formula is C41H37F6N7O3. The first-order chi connectivity index (χ1) is 27.1. The number of halogens is 6. The van der Waals surface area contributed by atoms with E-state index in [-0.39, 0.29) is 88.4 Å². The Morgan fingerprint density at radius 3 is 2.58 bits per heavy atom. The zero-order chi connectivity index (χ0) is 40.9. The first-order valence-electron chi connectivity index (χ1n) is 18.1. The van der Waals surface area contributed by atoms with Crippen LogP contribution in [0.4, 0.5) is 37.8 Å². The number of phenols is 1. The molecule has 1 saturated carbocycles. The summed E-state index contributed by atoms with van der Waals surface area (Å²) in [5.74, 6) is 0.145. The van der Waals surface area contributed by atoms with E-state index >= 15 is 8.78 Å². The van der Waals surface area contributed by atoms with Crippen molar-refractivity contribution < 1.29 is 41.0 Å². The van der Waals surface area contributed by atoms with Crippen molar-refractivity contribution in [3.05, 3.63) is 84.3 Å². The van der Waals surface area contributed by atoms with Gasteiger partial charge in [-0.25, -0.2) is 18.2 Å². The summed E-state index contributed by atoms with van der Waals surface area (Å²) in [6.07, 6.45) is 6.17. The summed E-state index contributed by atoms with van der Waals surface area (Å²) >= 11 is 0. The summed E-state index contributed by atoms with van der Waals surface area (Å²) in [6.45, 7) is 5.04. The smallest absolute Gasteiger partial charge is 0.433 e. The number of carbonyl (C=O) groups excluding carboxylic acids is 1. The predicted octanol–water partition coefficient (Wildman–Crippen LogP) is 7.98. The number of carbonyl (C=O) groups is 1. The van der Waals surface area contributed by atoms with E-state index < -0.39 is 40.8 Å². The van der Waals surface area contributed by atoms with Crippen LogP contribution >= 0.6 is 0 Å². The molecular weight excluding hydrogens is 752 g/mol. The minimum atomic E-state index is -4.66. The van der Waals surface area contributed by atoms with Crippen molar-refractivity contribution in [2.24, 2.45) is 0 Å². The van der Waals surface area contributed by atoms with Crippen molar-refractivity contribution in [3.63, 3.8) is 0 Å². The fraction of sp³-hybridized carbons (Fsp3) is 0.341. The molecule has 0 bridgehead atoms. The second-order valence-electron chi connectivity index (χ2n) is 14.7. The van der Waals surface area contributed by atoms with Crippen LogP contribution in [0.3, 0.4) is 0 Å². The standard InChI is InChI=1S/C41H37F6N7O3/c1-5-27-30(43)11-9-23-15-26(55)16-28(33(23)27)35-34(44)36-29(19-49-35)37(50-21-40(13-7-8-14-40)53(4)32(56)6-2)52-38(51-36)57-22-39(3)17-24(42)20-54(39)25-10-12-31(48-18-25)41(45,46)47/h1,6,9-12,15-16,18-19,24,55H,2,7-8,13-14,17,20-22H2,3-4H3,(H,50,51,52)/t24-,39+/m1/s1. The predicted molar refractivity (Wildman–Crippen MR) is 202 cm³/mol. The van der Waals surface area contributed by atoms with Gasteiger partial charge in [0.05, 0.1) is 40.5 Å². The van der Waals surface area contributed by atoms with E-state index in [4.69, 9.17) is 11.2 Å². The third kappa shape index (κ3) is 7.22. The molecule has 0 radical (unpaired) electrons. The highest BCUT2D eigenvalue weighted by Gasteiger charge is 2.44. The van der Waals surface area contributed by atoms with Crippen molar-refractivity contribution in [1.29, 1.82) is 0 Å². The third-order valence-electron chi connectivity index (χ3n) is 11.0. The molecule has 1 amide bonds. The number of hydrogen-bond acceptors (Lipinski definition) is 9. The van der Waals surface area contributed by atoms with Gasteiger partial charge in [-0.15, -0.1) is 6.42 Å². The van der Waals surface area contributed by atoms with E-state index in [1.807, 2.05) is 0 Å². The molecule has 2 aliphatic rings. The number of likely N-dealkylation sites (N-methyl/N-ethyl adjacent to an activating group) is 1. The van der Waals surface area contributed by atoms with Crippen molar-refractivity contribution in [2.45, 2.75) is 62.5 Å². The SMILES string of the molecule is C#Cc1c(F)ccc2cc(O)cc(-c3ncc4c(NCC5(N(C)C(=O)C=C)CCCC5)nc(OC[C@]5(C)C[C@@H](F)CN5c5ccc(C(F)(F)F)nc5)nc4c3F)c12. The first-order valence-corrected chi connectivity index (χ1v) is 18.1. The van der Waals surface area contributed by atoms with Crippen LogP contribution in [-0.2, 0) is 11.0 Å². The maximum atomic E-state index is 17.0. The number of anilines is 2. The minimum absolute atomic E-state index is 0.00448. The number of phenolic OH excluding ortho intramolecular Hbond substituents is 1. The number of pyridine rings is 2. The number of nitrogens with zero attached hydrogens (tertiary/aromatic N) is 6. The quantitative estimate of drug-likeness (QED) is 0.0826. The van der Waals surface area contributed by atoms with Crippen LogP contribution in [0, 0.1) is 24.0 Å². The van der Waals surface area contributed by atoms with Gasteiger partial charge in [0, 0.05) is 37.2 Å². The van der Waals surface area contributed by atoms with Crippen LogP contribution in [0.2, 0.25) is 0 Å². The Hall–Kier alpha value is -6.11. The van der Waals surface area contributed by atoms with Gasteiger partial charge in [-0.3, -0.25) is 9.78 Å². The molecule has 1 aliphatic carbocycles. The average molecular weight is 790 g/mol. The van der Waals surface area contributed by atoms with Crippen LogP contribution in [0.5, 0.6) is 11.8 Å². The Kier molecular flexibility index (Phi) is 10.1. The summed E-state index contributed by atoms with van der Waals surface area (Å²) in [5, 5.41) is 14.5.